The minimum atomic E-state index is -4.59. The Labute approximate surface area is 238 Å². The van der Waals surface area contributed by atoms with Gasteiger partial charge in [0.15, 0.2) is 0 Å². The molecule has 7 nitrogen and oxygen atoms in total. The molecule has 0 unspecified atom stereocenters. The van der Waals surface area contributed by atoms with Gasteiger partial charge in [0.1, 0.15) is 0 Å². The van der Waals surface area contributed by atoms with Crippen molar-refractivity contribution in [3.8, 4) is 11.1 Å². The molecule has 0 saturated carbocycles. The lowest BCUT2D eigenvalue weighted by atomic mass is 9.94. The van der Waals surface area contributed by atoms with Gasteiger partial charge in [-0.1, -0.05) is 49.4 Å². The second-order valence-electron chi connectivity index (χ2n) is 10.3. The van der Waals surface area contributed by atoms with E-state index in [4.69, 9.17) is 4.74 Å². The molecule has 1 aliphatic rings. The predicted molar refractivity (Wildman–Crippen MR) is 148 cm³/mol. The van der Waals surface area contributed by atoms with Gasteiger partial charge in [-0.3, -0.25) is 4.79 Å². The van der Waals surface area contributed by atoms with Crippen LogP contribution in [-0.4, -0.2) is 67.5 Å². The normalized spacial score (nSPS) is 19.3. The molecule has 0 fully saturated rings. The number of hydrogen-bond donors (Lipinski definition) is 1. The highest BCUT2D eigenvalue weighted by atomic mass is 32.2. The summed E-state index contributed by atoms with van der Waals surface area (Å²) < 4.78 is 73.0. The van der Waals surface area contributed by atoms with Gasteiger partial charge >= 0.3 is 6.18 Å². The van der Waals surface area contributed by atoms with Crippen LogP contribution in [0.2, 0.25) is 0 Å². The minimum Gasteiger partial charge on any atom is -0.394 e. The average molecular weight is 591 g/mol. The van der Waals surface area contributed by atoms with Crippen molar-refractivity contribution < 1.29 is 36.2 Å². The van der Waals surface area contributed by atoms with E-state index >= 15 is 0 Å². The Bertz CT molecular complexity index is 1480. The summed E-state index contributed by atoms with van der Waals surface area (Å²) in [6.45, 7) is 3.49. The van der Waals surface area contributed by atoms with E-state index in [-0.39, 0.29) is 43.0 Å². The Morgan fingerprint density at radius 1 is 1.00 bits per heavy atom. The third-order valence-corrected chi connectivity index (χ3v) is 9.26. The summed E-state index contributed by atoms with van der Waals surface area (Å²) in [5.41, 5.74) is 1.86. The maximum absolute atomic E-state index is 13.9. The van der Waals surface area contributed by atoms with Gasteiger partial charge in [-0.2, -0.15) is 17.5 Å². The second-order valence-corrected chi connectivity index (χ2v) is 12.4. The Morgan fingerprint density at radius 2 is 1.59 bits per heavy atom. The zero-order chi connectivity index (χ0) is 29.9. The fourth-order valence-corrected chi connectivity index (χ4v) is 6.08. The molecule has 3 aromatic carbocycles. The van der Waals surface area contributed by atoms with Gasteiger partial charge in [0.2, 0.25) is 10.0 Å². The maximum atomic E-state index is 13.9. The molecule has 3 aromatic rings. The van der Waals surface area contributed by atoms with E-state index in [1.165, 1.54) is 7.05 Å². The molecular formula is C30H33F3N2O5S. The third-order valence-electron chi connectivity index (χ3n) is 7.42. The minimum absolute atomic E-state index is 0.116. The Balaban J connectivity index is 1.69. The number of halogens is 3. The summed E-state index contributed by atoms with van der Waals surface area (Å²) in [6.07, 6.45) is -5.28. The number of sulfonamides is 1. The van der Waals surface area contributed by atoms with Gasteiger partial charge in [0.05, 0.1) is 35.8 Å². The monoisotopic (exact) mass is 590 g/mol. The molecule has 1 amide bonds. The van der Waals surface area contributed by atoms with Crippen LogP contribution in [0.25, 0.3) is 11.1 Å². The summed E-state index contributed by atoms with van der Waals surface area (Å²) in [7, 11) is -2.81. The van der Waals surface area contributed by atoms with Gasteiger partial charge in [0.25, 0.3) is 5.91 Å². The number of amides is 1. The molecule has 0 bridgehead atoms. The van der Waals surface area contributed by atoms with Crippen molar-refractivity contribution in [3.63, 3.8) is 0 Å². The number of carbonyl (C=O) groups is 1. The van der Waals surface area contributed by atoms with Gasteiger partial charge in [-0.25, -0.2) is 8.42 Å². The van der Waals surface area contributed by atoms with E-state index in [0.29, 0.717) is 5.56 Å². The van der Waals surface area contributed by atoms with Crippen LogP contribution in [0.3, 0.4) is 0 Å². The van der Waals surface area contributed by atoms with Crippen molar-refractivity contribution in [1.29, 1.82) is 0 Å². The molecule has 1 N–H and O–H groups in total. The highest BCUT2D eigenvalue weighted by Gasteiger charge is 2.34. The van der Waals surface area contributed by atoms with Crippen molar-refractivity contribution in [1.82, 2.24) is 9.21 Å². The molecule has 0 radical (unpaired) electrons. The standard InChI is InChI=1S/C30H33F3N2O5S/c1-20-16-35(21(2)18-36)29(37)27-11-7-6-10-26(27)25-9-5-4-8-22(25)19-40-28(20)17-34(3)41(38,39)24-14-12-23(13-15-24)30(31,32)33/h4-15,20-21,28,36H,16-19H2,1-3H3/t20-,21+,28+/m0/s1. The first-order valence-electron chi connectivity index (χ1n) is 13.2. The number of likely N-dealkylation sites (N-methyl/N-ethyl adjacent to an activating group) is 1. The zero-order valence-electron chi connectivity index (χ0n) is 23.0. The van der Waals surface area contributed by atoms with E-state index in [9.17, 15) is 31.5 Å². The molecule has 11 heteroatoms. The summed E-state index contributed by atoms with van der Waals surface area (Å²) in [5.74, 6) is -0.647. The average Bonchev–Trinajstić information content (AvgIpc) is 2.97. The van der Waals surface area contributed by atoms with Crippen LogP contribution in [-0.2, 0) is 27.5 Å². The lowest BCUT2D eigenvalue weighted by Crippen LogP contribution is -2.47. The number of hydrogen-bond acceptors (Lipinski definition) is 5. The Morgan fingerprint density at radius 3 is 2.20 bits per heavy atom. The number of nitrogens with zero attached hydrogens (tertiary/aromatic N) is 2. The first kappa shape index (κ1) is 30.7. The van der Waals surface area contributed by atoms with Crippen molar-refractivity contribution in [2.45, 2.75) is 43.7 Å². The number of benzene rings is 3. The first-order valence-corrected chi connectivity index (χ1v) is 14.6. The van der Waals surface area contributed by atoms with E-state index < -0.39 is 33.9 Å². The zero-order valence-corrected chi connectivity index (χ0v) is 23.8. The maximum Gasteiger partial charge on any atom is 0.416 e. The van der Waals surface area contributed by atoms with Crippen molar-refractivity contribution in [2.75, 3.05) is 26.7 Å². The molecule has 0 aliphatic carbocycles. The number of fused-ring (bicyclic) bond motifs is 3. The first-order chi connectivity index (χ1) is 19.3. The summed E-state index contributed by atoms with van der Waals surface area (Å²) in [6, 6.07) is 17.5. The molecular weight excluding hydrogens is 557 g/mol. The number of rotatable bonds is 6. The topological polar surface area (TPSA) is 87.2 Å². The smallest absolute Gasteiger partial charge is 0.394 e. The molecule has 1 aliphatic heterocycles. The largest absolute Gasteiger partial charge is 0.416 e. The lowest BCUT2D eigenvalue weighted by Gasteiger charge is -2.35. The Kier molecular flexibility index (Phi) is 9.22. The summed E-state index contributed by atoms with van der Waals surface area (Å²) in [5, 5.41) is 9.97. The number of carbonyl (C=O) groups excluding carboxylic acids is 1. The number of ether oxygens (including phenoxy) is 1. The van der Waals surface area contributed by atoms with Crippen molar-refractivity contribution >= 4 is 15.9 Å². The summed E-state index contributed by atoms with van der Waals surface area (Å²) in [4.78, 5) is 15.2. The number of aliphatic hydroxyl groups excluding tert-OH is 1. The SMILES string of the molecule is C[C@H](CO)N1C[C@H](C)[C@@H](CN(C)S(=O)(=O)c2ccc(C(F)(F)F)cc2)OCc2ccccc2-c2ccccc2C1=O. The lowest BCUT2D eigenvalue weighted by molar-refractivity contribution is -0.137. The van der Waals surface area contributed by atoms with E-state index in [0.717, 1.165) is 45.3 Å². The van der Waals surface area contributed by atoms with E-state index in [1.54, 1.807) is 24.0 Å². The van der Waals surface area contributed by atoms with Crippen LogP contribution < -0.4 is 0 Å². The molecule has 41 heavy (non-hydrogen) atoms. The highest BCUT2D eigenvalue weighted by molar-refractivity contribution is 7.89. The van der Waals surface area contributed by atoms with Crippen LogP contribution in [0.5, 0.6) is 0 Å². The van der Waals surface area contributed by atoms with Crippen LogP contribution in [0.4, 0.5) is 13.2 Å². The van der Waals surface area contributed by atoms with Gasteiger partial charge < -0.3 is 14.7 Å². The fraction of sp³-hybridized carbons (Fsp3) is 0.367. The van der Waals surface area contributed by atoms with Crippen molar-refractivity contribution in [3.05, 3.63) is 89.5 Å². The molecule has 0 aromatic heterocycles. The van der Waals surface area contributed by atoms with Crippen molar-refractivity contribution in [2.24, 2.45) is 5.92 Å². The van der Waals surface area contributed by atoms with Crippen LogP contribution >= 0.6 is 0 Å². The number of aliphatic hydroxyl groups is 1. The fourth-order valence-electron chi connectivity index (χ4n) is 4.90. The molecule has 0 spiro atoms. The molecule has 1 heterocycles. The molecule has 3 atom stereocenters. The van der Waals surface area contributed by atoms with Gasteiger partial charge in [-0.05, 0) is 53.9 Å². The highest BCUT2D eigenvalue weighted by Crippen LogP contribution is 2.32. The van der Waals surface area contributed by atoms with Crippen LogP contribution in [0.15, 0.2) is 77.7 Å². The van der Waals surface area contributed by atoms with E-state index in [2.05, 4.69) is 0 Å². The number of alkyl halides is 3. The van der Waals surface area contributed by atoms with Crippen LogP contribution in [0.1, 0.15) is 35.3 Å². The molecule has 0 saturated heterocycles. The Hall–Kier alpha value is -3.25. The summed E-state index contributed by atoms with van der Waals surface area (Å²) >= 11 is 0. The third kappa shape index (κ3) is 6.64. The van der Waals surface area contributed by atoms with Gasteiger partial charge in [-0.15, -0.1) is 0 Å². The quantitative estimate of drug-likeness (QED) is 0.434. The van der Waals surface area contributed by atoms with Gasteiger partial charge in [0, 0.05) is 31.6 Å². The molecule has 4 rings (SSSR count). The van der Waals surface area contributed by atoms with Crippen LogP contribution in [0, 0.1) is 5.92 Å². The second kappa shape index (κ2) is 12.3. The predicted octanol–water partition coefficient (Wildman–Crippen LogP) is 5.05. The van der Waals surface area contributed by atoms with E-state index in [1.807, 2.05) is 43.3 Å². The molecule has 220 valence electrons.